The topological polar surface area (TPSA) is 17.1 Å². The van der Waals surface area contributed by atoms with Gasteiger partial charge in [0.2, 0.25) is 0 Å². The van der Waals surface area contributed by atoms with Crippen LogP contribution in [0, 0.1) is 0 Å². The van der Waals surface area contributed by atoms with E-state index in [-0.39, 0.29) is 5.78 Å². The number of carbonyl (C=O) groups excluding carboxylic acids is 1. The van der Waals surface area contributed by atoms with Crippen molar-refractivity contribution in [2.45, 2.75) is 27.2 Å². The van der Waals surface area contributed by atoms with Crippen LogP contribution in [0.2, 0.25) is 0 Å². The molecule has 0 aromatic heterocycles. The summed E-state index contributed by atoms with van der Waals surface area (Å²) >= 11 is 0. The maximum atomic E-state index is 11.4. The average molecular weight is 190 g/mol. The van der Waals surface area contributed by atoms with Gasteiger partial charge in [0.1, 0.15) is 0 Å². The number of hydrogen-bond donors (Lipinski definition) is 0. The zero-order valence-electron chi connectivity index (χ0n) is 9.16. The van der Waals surface area contributed by atoms with Crippen molar-refractivity contribution < 1.29 is 4.79 Å². The number of hydrogen-bond acceptors (Lipinski definition) is 1. The fourth-order valence-corrected chi connectivity index (χ4v) is 1.01. The van der Waals surface area contributed by atoms with Gasteiger partial charge in [0.15, 0.2) is 5.78 Å². The number of allylic oxidation sites excluding steroid dienone is 8. The predicted octanol–water partition coefficient (Wildman–Crippen LogP) is 3.60. The first kappa shape index (κ1) is 12.6. The van der Waals surface area contributed by atoms with Crippen LogP contribution in [0.4, 0.5) is 0 Å². The Morgan fingerprint density at radius 2 is 1.71 bits per heavy atom. The molecular formula is C13H18O. The van der Waals surface area contributed by atoms with Crippen LogP contribution in [0.3, 0.4) is 0 Å². The third kappa shape index (κ3) is 5.31. The SMILES string of the molecule is C\C=C/C=C\C=C\C(=O)/C(=C/C)CC. The molecule has 1 nitrogen and oxygen atoms in total. The van der Waals surface area contributed by atoms with Gasteiger partial charge in [-0.1, -0.05) is 43.4 Å². The first-order valence-electron chi connectivity index (χ1n) is 4.91. The van der Waals surface area contributed by atoms with Crippen molar-refractivity contribution in [1.29, 1.82) is 0 Å². The molecule has 0 saturated heterocycles. The van der Waals surface area contributed by atoms with E-state index in [0.29, 0.717) is 0 Å². The molecule has 0 aliphatic heterocycles. The van der Waals surface area contributed by atoms with Crippen LogP contribution in [-0.4, -0.2) is 5.78 Å². The van der Waals surface area contributed by atoms with E-state index in [2.05, 4.69) is 0 Å². The molecule has 0 unspecified atom stereocenters. The predicted molar refractivity (Wildman–Crippen MR) is 62.1 cm³/mol. The lowest BCUT2D eigenvalue weighted by Crippen LogP contribution is -1.95. The highest BCUT2D eigenvalue weighted by molar-refractivity contribution is 6.03. The fraction of sp³-hybridized carbons (Fsp3) is 0.308. The molecule has 0 N–H and O–H groups in total. The number of ketones is 1. The van der Waals surface area contributed by atoms with Crippen molar-refractivity contribution in [1.82, 2.24) is 0 Å². The van der Waals surface area contributed by atoms with Crippen molar-refractivity contribution in [3.63, 3.8) is 0 Å². The Balaban J connectivity index is 4.18. The zero-order valence-corrected chi connectivity index (χ0v) is 9.16. The van der Waals surface area contributed by atoms with E-state index < -0.39 is 0 Å². The summed E-state index contributed by atoms with van der Waals surface area (Å²) in [6.07, 6.45) is 13.6. The summed E-state index contributed by atoms with van der Waals surface area (Å²) in [5.41, 5.74) is 0.862. The summed E-state index contributed by atoms with van der Waals surface area (Å²) in [6.45, 7) is 5.82. The summed E-state index contributed by atoms with van der Waals surface area (Å²) in [4.78, 5) is 11.4. The van der Waals surface area contributed by atoms with E-state index in [0.717, 1.165) is 12.0 Å². The molecule has 0 aliphatic carbocycles. The van der Waals surface area contributed by atoms with Gasteiger partial charge in [0, 0.05) is 0 Å². The van der Waals surface area contributed by atoms with Gasteiger partial charge in [-0.15, -0.1) is 0 Å². The van der Waals surface area contributed by atoms with E-state index in [1.165, 1.54) is 0 Å². The summed E-state index contributed by atoms with van der Waals surface area (Å²) in [5, 5.41) is 0. The van der Waals surface area contributed by atoms with Crippen LogP contribution in [0.1, 0.15) is 27.2 Å². The Morgan fingerprint density at radius 1 is 1.07 bits per heavy atom. The van der Waals surface area contributed by atoms with Crippen LogP contribution in [0.5, 0.6) is 0 Å². The Bertz CT molecular complexity index is 278. The number of carbonyl (C=O) groups is 1. The van der Waals surface area contributed by atoms with E-state index in [4.69, 9.17) is 0 Å². The molecule has 0 aromatic carbocycles. The van der Waals surface area contributed by atoms with Crippen LogP contribution in [-0.2, 0) is 4.79 Å². The van der Waals surface area contributed by atoms with Crippen molar-refractivity contribution in [3.05, 3.63) is 48.1 Å². The van der Waals surface area contributed by atoms with Crippen molar-refractivity contribution >= 4 is 5.78 Å². The van der Waals surface area contributed by atoms with Gasteiger partial charge in [0.05, 0.1) is 0 Å². The largest absolute Gasteiger partial charge is 0.290 e. The Labute approximate surface area is 86.5 Å². The molecule has 0 fully saturated rings. The Morgan fingerprint density at radius 3 is 2.21 bits per heavy atom. The van der Waals surface area contributed by atoms with Gasteiger partial charge < -0.3 is 0 Å². The van der Waals surface area contributed by atoms with Crippen LogP contribution in [0.25, 0.3) is 0 Å². The van der Waals surface area contributed by atoms with Crippen molar-refractivity contribution in [2.24, 2.45) is 0 Å². The second-order valence-electron chi connectivity index (χ2n) is 2.80. The minimum atomic E-state index is 0.0973. The van der Waals surface area contributed by atoms with E-state index in [1.807, 2.05) is 51.2 Å². The second-order valence-corrected chi connectivity index (χ2v) is 2.80. The normalized spacial score (nSPS) is 13.5. The molecular weight excluding hydrogens is 172 g/mol. The van der Waals surface area contributed by atoms with Crippen molar-refractivity contribution in [3.8, 4) is 0 Å². The first-order chi connectivity index (χ1) is 6.76. The maximum absolute atomic E-state index is 11.4. The van der Waals surface area contributed by atoms with Gasteiger partial charge in [-0.2, -0.15) is 0 Å². The first-order valence-corrected chi connectivity index (χ1v) is 4.91. The second kappa shape index (κ2) is 8.24. The Kier molecular flexibility index (Phi) is 7.43. The summed E-state index contributed by atoms with van der Waals surface area (Å²) in [5.74, 6) is 0.0973. The zero-order chi connectivity index (χ0) is 10.8. The maximum Gasteiger partial charge on any atom is 0.181 e. The average Bonchev–Trinajstić information content (AvgIpc) is 2.19. The van der Waals surface area contributed by atoms with Crippen LogP contribution >= 0.6 is 0 Å². The highest BCUT2D eigenvalue weighted by atomic mass is 16.1. The molecule has 14 heavy (non-hydrogen) atoms. The molecule has 0 aliphatic rings. The molecule has 1 heteroatoms. The minimum absolute atomic E-state index is 0.0973. The van der Waals surface area contributed by atoms with Gasteiger partial charge >= 0.3 is 0 Å². The van der Waals surface area contributed by atoms with Crippen molar-refractivity contribution in [2.75, 3.05) is 0 Å². The third-order valence-corrected chi connectivity index (χ3v) is 1.82. The molecule has 0 heterocycles. The molecule has 0 bridgehead atoms. The standard InChI is InChI=1S/C13H18O/c1-4-7-8-9-10-11-13(14)12(5-2)6-3/h4-5,7-11H,6H2,1-3H3/b7-4-,9-8-,11-10+,12-5+. The Hall–Kier alpha value is -1.37. The van der Waals surface area contributed by atoms with Gasteiger partial charge in [-0.3, -0.25) is 4.79 Å². The van der Waals surface area contributed by atoms with Crippen LogP contribution in [0.15, 0.2) is 48.1 Å². The third-order valence-electron chi connectivity index (χ3n) is 1.82. The molecule has 0 amide bonds. The quantitative estimate of drug-likeness (QED) is 0.478. The van der Waals surface area contributed by atoms with E-state index in [9.17, 15) is 4.79 Å². The van der Waals surface area contributed by atoms with Gasteiger partial charge in [-0.05, 0) is 31.9 Å². The highest BCUT2D eigenvalue weighted by Gasteiger charge is 1.99. The molecule has 0 saturated carbocycles. The molecule has 0 atom stereocenters. The lowest BCUT2D eigenvalue weighted by Gasteiger charge is -1.95. The van der Waals surface area contributed by atoms with Gasteiger partial charge in [0.25, 0.3) is 0 Å². The molecule has 76 valence electrons. The van der Waals surface area contributed by atoms with Crippen LogP contribution < -0.4 is 0 Å². The number of rotatable bonds is 5. The smallest absolute Gasteiger partial charge is 0.181 e. The fourth-order valence-electron chi connectivity index (χ4n) is 1.01. The molecule has 0 rings (SSSR count). The monoisotopic (exact) mass is 190 g/mol. The van der Waals surface area contributed by atoms with E-state index >= 15 is 0 Å². The lowest BCUT2D eigenvalue weighted by molar-refractivity contribution is -0.111. The summed E-state index contributed by atoms with van der Waals surface area (Å²) in [7, 11) is 0. The molecule has 0 spiro atoms. The summed E-state index contributed by atoms with van der Waals surface area (Å²) in [6, 6.07) is 0. The molecule has 0 aromatic rings. The minimum Gasteiger partial charge on any atom is -0.290 e. The van der Waals surface area contributed by atoms with E-state index in [1.54, 1.807) is 12.2 Å². The molecule has 0 radical (unpaired) electrons. The summed E-state index contributed by atoms with van der Waals surface area (Å²) < 4.78 is 0. The van der Waals surface area contributed by atoms with Gasteiger partial charge in [-0.25, -0.2) is 0 Å². The highest BCUT2D eigenvalue weighted by Crippen LogP contribution is 2.02. The lowest BCUT2D eigenvalue weighted by atomic mass is 10.1.